The highest BCUT2D eigenvalue weighted by molar-refractivity contribution is 7.88. The summed E-state index contributed by atoms with van der Waals surface area (Å²) in [6.07, 6.45) is 3.58. The average molecular weight is 913 g/mol. The van der Waals surface area contributed by atoms with E-state index >= 15 is 0 Å². The number of carbonyl (C=O) groups excluding carboxylic acids is 3. The summed E-state index contributed by atoms with van der Waals surface area (Å²) in [4.78, 5) is 53.5. The number of Topliss-reactive ketones (excluding diaryl/α,β-unsaturated/α-hetero) is 1. The van der Waals surface area contributed by atoms with Crippen LogP contribution in [0.5, 0.6) is 11.5 Å². The fraction of sp³-hybridized carbons (Fsp3) is 0.361. The van der Waals surface area contributed by atoms with Crippen LogP contribution >= 0.6 is 0 Å². The molecule has 0 bridgehead atoms. The van der Waals surface area contributed by atoms with Crippen LogP contribution < -0.4 is 31.6 Å². The predicted octanol–water partition coefficient (Wildman–Crippen LogP) is 0.975. The van der Waals surface area contributed by atoms with Gasteiger partial charge in [0.15, 0.2) is 29.1 Å². The molecule has 1 unspecified atom stereocenters. The minimum Gasteiger partial charge on any atom is -0.496 e. The summed E-state index contributed by atoms with van der Waals surface area (Å²) in [6, 6.07) is 2.57. The summed E-state index contributed by atoms with van der Waals surface area (Å²) in [5.41, 5.74) is 9.82. The Labute approximate surface area is 351 Å². The average Bonchev–Trinajstić information content (AvgIpc) is 3.20. The first-order valence-corrected chi connectivity index (χ1v) is 21.8. The number of nitrogens with two attached hydrogens (primary N) is 2. The topological polar surface area (TPSA) is 292 Å². The van der Waals surface area contributed by atoms with E-state index in [1.807, 2.05) is 0 Å². The lowest BCUT2D eigenvalue weighted by molar-refractivity contribution is -0.121. The van der Waals surface area contributed by atoms with E-state index in [1.54, 1.807) is 0 Å². The first-order chi connectivity index (χ1) is 29.0. The number of anilines is 4. The number of β-amino-alcohol motifs (C(OH)–C–C–N with tert-alkyl or cyclic N) is 1. The highest BCUT2D eigenvalue weighted by Crippen LogP contribution is 2.30. The second-order valence-electron chi connectivity index (χ2n) is 13.8. The lowest BCUT2D eigenvalue weighted by Gasteiger charge is -2.34. The van der Waals surface area contributed by atoms with Gasteiger partial charge in [-0.2, -0.15) is 18.6 Å². The second-order valence-corrected chi connectivity index (χ2v) is 17.8. The highest BCUT2D eigenvalue weighted by atomic mass is 32.2. The van der Waals surface area contributed by atoms with Gasteiger partial charge in [-0.15, -0.1) is 0 Å². The zero-order valence-corrected chi connectivity index (χ0v) is 34.9. The zero-order valence-electron chi connectivity index (χ0n) is 33.2. The molecule has 2 aromatic heterocycles. The van der Waals surface area contributed by atoms with Crippen molar-refractivity contribution in [2.24, 2.45) is 0 Å². The lowest BCUT2D eigenvalue weighted by atomic mass is 10.0. The van der Waals surface area contributed by atoms with Gasteiger partial charge in [0.05, 0.1) is 62.6 Å². The number of ketones is 3. The van der Waals surface area contributed by atoms with Gasteiger partial charge in [-0.3, -0.25) is 14.4 Å². The summed E-state index contributed by atoms with van der Waals surface area (Å²) in [7, 11) is -4.51. The maximum Gasteiger partial charge on any atom is 0.225 e. The molecular weight excluding hydrogens is 873 g/mol. The van der Waals surface area contributed by atoms with Crippen LogP contribution in [0, 0.1) is 23.3 Å². The Hall–Kier alpha value is -6.09. The summed E-state index contributed by atoms with van der Waals surface area (Å²) >= 11 is 0. The van der Waals surface area contributed by atoms with E-state index in [0.29, 0.717) is 0 Å². The van der Waals surface area contributed by atoms with Crippen molar-refractivity contribution in [1.82, 2.24) is 28.5 Å². The van der Waals surface area contributed by atoms with Crippen LogP contribution in [-0.2, 0) is 24.8 Å². The van der Waals surface area contributed by atoms with Crippen LogP contribution in [0.2, 0.25) is 0 Å². The molecule has 334 valence electrons. The standard InChI is InChI=1S/C18H21F2N5O5S.C18H19F2N5O5S/c2*1-30-13-4-3-10(19)15(20)14(13)16(27)9-7-22-18(24-17(9)21)23-11-5-6-25(8-12(11)26)31(2,28)29/h3-4,7,11-12,26H,5-6,8H2,1-2H3,(H3,21,22,23,24);3-4,7,11H,5-6,8H2,1-2H3,(H3,21,22,23,24)/t11-,12-;/m1./s1. The van der Waals surface area contributed by atoms with Crippen molar-refractivity contribution < 1.29 is 63.4 Å². The molecule has 2 aliphatic rings. The van der Waals surface area contributed by atoms with Gasteiger partial charge in [0, 0.05) is 32.0 Å². The van der Waals surface area contributed by atoms with Crippen LogP contribution in [-0.4, -0.2) is 139 Å². The molecule has 6 rings (SSSR count). The maximum atomic E-state index is 14.2. The number of ether oxygens (including phenoxy) is 2. The Bertz CT molecular complexity index is 2630. The van der Waals surface area contributed by atoms with Crippen molar-refractivity contribution in [1.29, 1.82) is 0 Å². The van der Waals surface area contributed by atoms with Crippen molar-refractivity contribution in [2.45, 2.75) is 31.0 Å². The number of nitrogens with one attached hydrogen (secondary N) is 2. The summed E-state index contributed by atoms with van der Waals surface area (Å²) in [5.74, 6) is -8.63. The lowest BCUT2D eigenvalue weighted by Crippen LogP contribution is -2.51. The van der Waals surface area contributed by atoms with E-state index < -0.39 is 84.2 Å². The predicted molar refractivity (Wildman–Crippen MR) is 213 cm³/mol. The fourth-order valence-electron chi connectivity index (χ4n) is 6.30. The highest BCUT2D eigenvalue weighted by Gasteiger charge is 2.34. The molecule has 4 heterocycles. The number of hydrogen-bond acceptors (Lipinski definition) is 18. The molecular formula is C36H40F4N10O10S2. The van der Waals surface area contributed by atoms with Gasteiger partial charge in [0.1, 0.15) is 34.3 Å². The second kappa shape index (κ2) is 18.9. The normalized spacial score (nSPS) is 18.6. The quantitative estimate of drug-likeness (QED) is 0.0978. The molecule has 2 aromatic carbocycles. The van der Waals surface area contributed by atoms with E-state index in [9.17, 15) is 53.9 Å². The van der Waals surface area contributed by atoms with Gasteiger partial charge in [0.25, 0.3) is 0 Å². The van der Waals surface area contributed by atoms with Crippen molar-refractivity contribution >= 4 is 60.9 Å². The maximum absolute atomic E-state index is 14.2. The minimum absolute atomic E-state index is 0.0161. The van der Waals surface area contributed by atoms with Crippen molar-refractivity contribution in [2.75, 3.05) is 75.0 Å². The molecule has 62 heavy (non-hydrogen) atoms. The zero-order chi connectivity index (χ0) is 45.8. The first kappa shape index (κ1) is 47.0. The molecule has 2 saturated heterocycles. The number of rotatable bonds is 12. The molecule has 2 fully saturated rings. The van der Waals surface area contributed by atoms with E-state index in [-0.39, 0.29) is 91.0 Å². The van der Waals surface area contributed by atoms with Gasteiger partial charge in [-0.05, 0) is 37.1 Å². The van der Waals surface area contributed by atoms with E-state index in [2.05, 4.69) is 30.6 Å². The number of aliphatic hydroxyl groups is 1. The van der Waals surface area contributed by atoms with Gasteiger partial charge < -0.3 is 36.7 Å². The molecule has 3 atom stereocenters. The molecule has 20 nitrogen and oxygen atoms in total. The molecule has 7 N–H and O–H groups in total. The number of sulfonamides is 2. The summed E-state index contributed by atoms with van der Waals surface area (Å²) in [5, 5.41) is 15.8. The number of piperidine rings is 2. The van der Waals surface area contributed by atoms with Crippen LogP contribution in [0.1, 0.15) is 44.7 Å². The summed E-state index contributed by atoms with van der Waals surface area (Å²) in [6.45, 7) is -0.0619. The third-order valence-electron chi connectivity index (χ3n) is 9.62. The number of aliphatic hydroxyl groups excluding tert-OH is 1. The van der Waals surface area contributed by atoms with E-state index in [4.69, 9.17) is 20.9 Å². The van der Waals surface area contributed by atoms with Crippen LogP contribution in [0.15, 0.2) is 36.7 Å². The van der Waals surface area contributed by atoms with Crippen molar-refractivity contribution in [3.8, 4) is 11.5 Å². The molecule has 0 radical (unpaired) electrons. The van der Waals surface area contributed by atoms with E-state index in [1.165, 1.54) is 14.2 Å². The SMILES string of the molecule is COc1ccc(F)c(F)c1C(=O)c1cnc(NC2CCN(S(C)(=O)=O)CC2=O)nc1N.COc1ccc(F)c(F)c1C(=O)c1cnc(N[C@@H]2CCN(S(C)(=O)=O)C[C@H]2O)nc1N. The Morgan fingerprint density at radius 1 is 0.758 bits per heavy atom. The van der Waals surface area contributed by atoms with Crippen molar-refractivity contribution in [3.63, 3.8) is 0 Å². The number of hydrogen-bond donors (Lipinski definition) is 5. The van der Waals surface area contributed by atoms with Gasteiger partial charge >= 0.3 is 0 Å². The van der Waals surface area contributed by atoms with Gasteiger partial charge in [0.2, 0.25) is 43.5 Å². The number of methoxy groups -OCH3 is 2. The Kier molecular flexibility index (Phi) is 14.3. The molecule has 2 aliphatic heterocycles. The largest absolute Gasteiger partial charge is 0.496 e. The molecule has 0 saturated carbocycles. The van der Waals surface area contributed by atoms with Crippen LogP contribution in [0.3, 0.4) is 0 Å². The Balaban J connectivity index is 0.000000234. The monoisotopic (exact) mass is 912 g/mol. The minimum atomic E-state index is -3.49. The van der Waals surface area contributed by atoms with Gasteiger partial charge in [-0.1, -0.05) is 0 Å². The summed E-state index contributed by atoms with van der Waals surface area (Å²) < 4.78 is 114. The smallest absolute Gasteiger partial charge is 0.225 e. The first-order valence-electron chi connectivity index (χ1n) is 18.1. The Morgan fingerprint density at radius 2 is 1.21 bits per heavy atom. The van der Waals surface area contributed by atoms with Gasteiger partial charge in [-0.25, -0.2) is 44.4 Å². The van der Waals surface area contributed by atoms with Crippen molar-refractivity contribution in [3.05, 3.63) is 82.2 Å². The fourth-order valence-corrected chi connectivity index (χ4v) is 7.96. The number of benzene rings is 2. The van der Waals surface area contributed by atoms with Crippen LogP contribution in [0.4, 0.5) is 41.1 Å². The van der Waals surface area contributed by atoms with E-state index in [0.717, 1.165) is 57.8 Å². The molecule has 0 aliphatic carbocycles. The number of aromatic nitrogens is 4. The number of nitrogen functional groups attached to an aromatic ring is 2. The molecule has 0 spiro atoms. The Morgan fingerprint density at radius 3 is 1.61 bits per heavy atom. The number of nitrogens with zero attached hydrogens (tertiary/aromatic N) is 6. The third kappa shape index (κ3) is 10.5. The molecule has 4 aromatic rings. The number of halogens is 4. The third-order valence-corrected chi connectivity index (χ3v) is 12.1. The molecule has 0 amide bonds. The number of carbonyl (C=O) groups is 3. The van der Waals surface area contributed by atoms with Crippen LogP contribution in [0.25, 0.3) is 0 Å². The molecule has 26 heteroatoms.